The number of pyridine rings is 1. The Balaban J connectivity index is 1.02. The highest BCUT2D eigenvalue weighted by Gasteiger charge is 2.30. The average molecular weight is 880 g/mol. The molecule has 0 saturated carbocycles. The van der Waals surface area contributed by atoms with Crippen LogP contribution in [0.25, 0.3) is 22.2 Å². The summed E-state index contributed by atoms with van der Waals surface area (Å²) in [6, 6.07) is 20.4. The third-order valence-electron chi connectivity index (χ3n) is 11.8. The lowest BCUT2D eigenvalue weighted by Crippen LogP contribution is -2.39. The van der Waals surface area contributed by atoms with Gasteiger partial charge >= 0.3 is 0 Å². The number of anilines is 1. The van der Waals surface area contributed by atoms with Crippen LogP contribution in [0, 0.1) is 15.5 Å². The minimum absolute atomic E-state index is 0.0395. The fraction of sp³-hybridized carbons (Fsp3) is 0.348. The van der Waals surface area contributed by atoms with Crippen molar-refractivity contribution in [3.8, 4) is 11.5 Å². The van der Waals surface area contributed by atoms with Crippen LogP contribution in [0.15, 0.2) is 102 Å². The monoisotopic (exact) mass is 879 g/mol. The molecule has 14 nitrogen and oxygen atoms in total. The Morgan fingerprint density at radius 1 is 1.00 bits per heavy atom. The molecule has 2 aliphatic heterocycles. The number of nitrogens with zero attached hydrogens (tertiary/aromatic N) is 4. The Hall–Kier alpha value is -5.58. The van der Waals surface area contributed by atoms with Crippen molar-refractivity contribution in [2.24, 2.45) is 5.41 Å². The maximum absolute atomic E-state index is 13.9. The molecule has 1 saturated heterocycles. The summed E-state index contributed by atoms with van der Waals surface area (Å²) in [5.74, 6) is -0.479. The molecule has 1 aliphatic carbocycles. The lowest BCUT2D eigenvalue weighted by Gasteiger charge is -2.36. The summed E-state index contributed by atoms with van der Waals surface area (Å²) in [7, 11) is -4.56. The van der Waals surface area contributed by atoms with Crippen LogP contribution in [0.2, 0.25) is 5.02 Å². The molecule has 16 heteroatoms. The zero-order valence-electron chi connectivity index (χ0n) is 34.8. The van der Waals surface area contributed by atoms with Crippen molar-refractivity contribution < 1.29 is 27.6 Å². The molecule has 0 radical (unpaired) electrons. The van der Waals surface area contributed by atoms with Gasteiger partial charge in [0.2, 0.25) is 0 Å². The minimum atomic E-state index is -4.56. The van der Waals surface area contributed by atoms with Crippen LogP contribution >= 0.6 is 11.6 Å². The van der Waals surface area contributed by atoms with Crippen LogP contribution in [-0.2, 0) is 14.8 Å². The number of H-pyrrole nitrogens is 1. The van der Waals surface area contributed by atoms with Crippen LogP contribution in [0.1, 0.15) is 61.0 Å². The molecule has 3 N–H and O–H groups in total. The molecule has 8 rings (SSSR count). The molecule has 2 aromatic heterocycles. The summed E-state index contributed by atoms with van der Waals surface area (Å²) in [6.07, 6.45) is 9.41. The van der Waals surface area contributed by atoms with E-state index in [0.29, 0.717) is 37.7 Å². The smallest absolute Gasteiger partial charge is 0.293 e. The largest absolute Gasteiger partial charge is 0.455 e. The second-order valence-corrected chi connectivity index (χ2v) is 18.9. The number of carbonyl (C=O) groups is 1. The van der Waals surface area contributed by atoms with Gasteiger partial charge in [0.1, 0.15) is 22.8 Å². The molecule has 5 aromatic rings. The van der Waals surface area contributed by atoms with Crippen LogP contribution in [0.5, 0.6) is 11.5 Å². The molecule has 4 heterocycles. The first-order valence-corrected chi connectivity index (χ1v) is 22.7. The van der Waals surface area contributed by atoms with Gasteiger partial charge in [-0.1, -0.05) is 55.3 Å². The van der Waals surface area contributed by atoms with E-state index in [-0.39, 0.29) is 22.4 Å². The van der Waals surface area contributed by atoms with Gasteiger partial charge in [-0.15, -0.1) is 0 Å². The topological polar surface area (TPSA) is 172 Å². The van der Waals surface area contributed by atoms with Crippen molar-refractivity contribution in [1.29, 1.82) is 0 Å². The van der Waals surface area contributed by atoms with E-state index in [4.69, 9.17) is 21.1 Å². The predicted molar refractivity (Wildman–Crippen MR) is 241 cm³/mol. The summed E-state index contributed by atoms with van der Waals surface area (Å²) < 4.78 is 41.2. The van der Waals surface area contributed by atoms with E-state index in [1.54, 1.807) is 30.5 Å². The Labute approximate surface area is 366 Å². The minimum Gasteiger partial charge on any atom is -0.455 e. The van der Waals surface area contributed by atoms with Gasteiger partial charge in [0.05, 0.1) is 34.8 Å². The highest BCUT2D eigenvalue weighted by Crippen LogP contribution is 2.44. The first-order valence-electron chi connectivity index (χ1n) is 20.8. The SMILES string of the molecule is CC1(C)CCC(CN2CC=C(c3ccc(C(=O)NS(=O)(=O)c4ccc(NCCN5CCOCC5)c([N+](=O)[O-])c4)c(Oc4cnc5[nH]ccc5c4)c3)CC2)=C(c2ccc(Cl)cc2)C1. The number of allylic oxidation sites excluding steroid dienone is 1. The molecular weight excluding hydrogens is 830 g/mol. The number of amides is 1. The maximum Gasteiger partial charge on any atom is 0.293 e. The second-order valence-electron chi connectivity index (χ2n) is 16.8. The van der Waals surface area contributed by atoms with E-state index in [2.05, 4.69) is 61.9 Å². The molecule has 3 aromatic carbocycles. The van der Waals surface area contributed by atoms with Crippen molar-refractivity contribution >= 4 is 61.1 Å². The van der Waals surface area contributed by atoms with Crippen molar-refractivity contribution in [1.82, 2.24) is 24.5 Å². The fourth-order valence-electron chi connectivity index (χ4n) is 8.34. The van der Waals surface area contributed by atoms with Crippen LogP contribution in [0.4, 0.5) is 11.4 Å². The third-order valence-corrected chi connectivity index (χ3v) is 13.4. The molecule has 3 aliphatic rings. The van der Waals surface area contributed by atoms with Gasteiger partial charge in [-0.3, -0.25) is 24.7 Å². The number of ether oxygens (including phenoxy) is 2. The number of nitro benzene ring substituents is 1. The number of sulfonamides is 1. The summed E-state index contributed by atoms with van der Waals surface area (Å²) in [6.45, 7) is 10.9. The molecule has 0 bridgehead atoms. The van der Waals surface area contributed by atoms with Gasteiger partial charge in [-0.25, -0.2) is 18.1 Å². The van der Waals surface area contributed by atoms with Crippen molar-refractivity contribution in [2.75, 3.05) is 64.3 Å². The molecule has 0 spiro atoms. The van der Waals surface area contributed by atoms with Gasteiger partial charge in [0.25, 0.3) is 21.6 Å². The molecule has 62 heavy (non-hydrogen) atoms. The summed E-state index contributed by atoms with van der Waals surface area (Å²) in [4.78, 5) is 37.0. The zero-order chi connectivity index (χ0) is 43.4. The standard InChI is InChI=1S/C46H50ClN7O7S/c1-46(2)15-11-35(40(28-46)32-3-6-36(47)7-4-32)30-53-18-13-31(14-19-53)33-5-9-39(43(26-33)61-37-25-34-12-16-49-44(34)50-29-37)45(55)51-62(58,59)38-8-10-41(42(27-38)54(56)57)48-17-20-52-21-23-60-24-22-52/h3-10,12-13,16,25-27,29,48H,11,14-15,17-24,28,30H2,1-2H3,(H,49,50)(H,51,55). The third kappa shape index (κ3) is 10.2. The number of aromatic nitrogens is 2. The number of nitro groups is 1. The van der Waals surface area contributed by atoms with Crippen molar-refractivity contribution in [2.45, 2.75) is 44.4 Å². The zero-order valence-corrected chi connectivity index (χ0v) is 36.4. The normalized spacial score (nSPS) is 17.4. The number of benzene rings is 3. The number of carbonyl (C=O) groups excluding carboxylic acids is 1. The van der Waals surface area contributed by atoms with E-state index < -0.39 is 31.4 Å². The van der Waals surface area contributed by atoms with E-state index in [0.717, 1.165) is 86.0 Å². The Morgan fingerprint density at radius 2 is 1.79 bits per heavy atom. The van der Waals surface area contributed by atoms with Gasteiger partial charge in [-0.05, 0) is 102 Å². The van der Waals surface area contributed by atoms with Gasteiger partial charge < -0.3 is 19.8 Å². The van der Waals surface area contributed by atoms with E-state index >= 15 is 0 Å². The van der Waals surface area contributed by atoms with E-state index in [1.807, 2.05) is 18.2 Å². The molecule has 324 valence electrons. The Morgan fingerprint density at radius 3 is 2.55 bits per heavy atom. The number of rotatable bonds is 14. The number of nitrogens with one attached hydrogen (secondary N) is 3. The number of hydrogen-bond acceptors (Lipinski definition) is 11. The summed E-state index contributed by atoms with van der Waals surface area (Å²) >= 11 is 6.24. The maximum atomic E-state index is 13.9. The molecule has 0 unspecified atom stereocenters. The molecule has 1 fully saturated rings. The van der Waals surface area contributed by atoms with E-state index in [1.165, 1.54) is 35.0 Å². The molecule has 1 amide bonds. The fourth-order valence-corrected chi connectivity index (χ4v) is 9.45. The van der Waals surface area contributed by atoms with Crippen molar-refractivity contribution in [3.63, 3.8) is 0 Å². The van der Waals surface area contributed by atoms with Gasteiger partial charge in [-0.2, -0.15) is 0 Å². The summed E-state index contributed by atoms with van der Waals surface area (Å²) in [5, 5.41) is 16.6. The van der Waals surface area contributed by atoms with Crippen LogP contribution in [0.3, 0.4) is 0 Å². The van der Waals surface area contributed by atoms with E-state index in [9.17, 15) is 23.3 Å². The van der Waals surface area contributed by atoms with Crippen molar-refractivity contribution in [3.05, 3.63) is 129 Å². The second kappa shape index (κ2) is 18.4. The predicted octanol–water partition coefficient (Wildman–Crippen LogP) is 8.53. The van der Waals surface area contributed by atoms with Crippen LogP contribution < -0.4 is 14.8 Å². The van der Waals surface area contributed by atoms with Gasteiger partial charge in [0, 0.05) is 68.5 Å². The first-order chi connectivity index (χ1) is 29.8. The number of halogens is 1. The Bertz CT molecular complexity index is 2660. The number of hydrogen-bond donors (Lipinski definition) is 3. The lowest BCUT2D eigenvalue weighted by molar-refractivity contribution is -0.384. The molecule has 0 atom stereocenters. The number of fused-ring (bicyclic) bond motifs is 1. The van der Waals surface area contributed by atoms with Crippen LogP contribution in [-0.4, -0.2) is 98.0 Å². The molecular formula is C46H50ClN7O7S. The number of morpholine rings is 1. The van der Waals surface area contributed by atoms with Gasteiger partial charge in [0.15, 0.2) is 0 Å². The Kier molecular flexibility index (Phi) is 12.8. The lowest BCUT2D eigenvalue weighted by atomic mass is 9.72. The average Bonchev–Trinajstić information content (AvgIpc) is 3.73. The first kappa shape index (κ1) is 43.1. The summed E-state index contributed by atoms with van der Waals surface area (Å²) in [5.41, 5.74) is 6.58. The highest BCUT2D eigenvalue weighted by molar-refractivity contribution is 7.90. The quantitative estimate of drug-likeness (QED) is 0.0721. The number of aromatic amines is 1. The highest BCUT2D eigenvalue weighted by atomic mass is 35.5.